The Labute approximate surface area is 162 Å². The van der Waals surface area contributed by atoms with Crippen LogP contribution in [-0.4, -0.2) is 39.8 Å². The molecule has 0 unspecified atom stereocenters. The summed E-state index contributed by atoms with van der Waals surface area (Å²) in [6.07, 6.45) is 0. The van der Waals surface area contributed by atoms with Gasteiger partial charge in [0.15, 0.2) is 11.5 Å². The summed E-state index contributed by atoms with van der Waals surface area (Å²) in [4.78, 5) is 24.3. The molecule has 2 aromatic carbocycles. The van der Waals surface area contributed by atoms with Crippen molar-refractivity contribution in [3.63, 3.8) is 0 Å². The highest BCUT2D eigenvalue weighted by Gasteiger charge is 2.18. The first-order chi connectivity index (χ1) is 12.9. The van der Waals surface area contributed by atoms with Crippen LogP contribution in [0, 0.1) is 6.92 Å². The number of carbonyl (C=O) groups is 2. The number of hydrogen-bond acceptors (Lipinski definition) is 6. The Morgan fingerprint density at radius 3 is 2.33 bits per heavy atom. The molecule has 8 heteroatoms. The molecule has 2 rings (SSSR count). The minimum absolute atomic E-state index is 0.0779. The lowest BCUT2D eigenvalue weighted by Gasteiger charge is -2.15. The second-order valence-electron chi connectivity index (χ2n) is 5.56. The molecule has 0 saturated heterocycles. The van der Waals surface area contributed by atoms with Crippen molar-refractivity contribution in [3.8, 4) is 11.5 Å². The predicted octanol–water partition coefficient (Wildman–Crippen LogP) is 3.50. The minimum Gasteiger partial charge on any atom is -0.493 e. The van der Waals surface area contributed by atoms with Crippen LogP contribution in [0.15, 0.2) is 30.3 Å². The molecule has 0 fully saturated rings. The van der Waals surface area contributed by atoms with Gasteiger partial charge in [0, 0.05) is 22.8 Å². The third-order valence-corrected chi connectivity index (χ3v) is 4.32. The number of anilines is 2. The Bertz CT molecular complexity index is 854. The van der Waals surface area contributed by atoms with E-state index < -0.39 is 5.97 Å². The summed E-state index contributed by atoms with van der Waals surface area (Å²) in [5, 5.41) is 6.27. The zero-order valence-electron chi connectivity index (χ0n) is 15.5. The quantitative estimate of drug-likeness (QED) is 0.701. The van der Waals surface area contributed by atoms with E-state index in [1.807, 2.05) is 6.92 Å². The number of carbonyl (C=O) groups excluding carboxylic acids is 2. The van der Waals surface area contributed by atoms with Gasteiger partial charge in [-0.25, -0.2) is 4.79 Å². The van der Waals surface area contributed by atoms with E-state index in [9.17, 15) is 9.59 Å². The fourth-order valence-electron chi connectivity index (χ4n) is 2.42. The first kappa shape index (κ1) is 20.4. The number of rotatable bonds is 7. The number of amides is 1. The van der Waals surface area contributed by atoms with Crippen LogP contribution in [0.5, 0.6) is 11.5 Å². The second kappa shape index (κ2) is 9.14. The van der Waals surface area contributed by atoms with Crippen molar-refractivity contribution in [3.05, 3.63) is 46.5 Å². The number of ether oxygens (including phenoxy) is 3. The van der Waals surface area contributed by atoms with Crippen LogP contribution >= 0.6 is 11.6 Å². The van der Waals surface area contributed by atoms with Gasteiger partial charge in [-0.1, -0.05) is 17.7 Å². The highest BCUT2D eigenvalue weighted by atomic mass is 35.5. The largest absolute Gasteiger partial charge is 0.493 e. The molecule has 0 saturated carbocycles. The maximum Gasteiger partial charge on any atom is 0.340 e. The van der Waals surface area contributed by atoms with Gasteiger partial charge in [0.25, 0.3) is 0 Å². The SMILES string of the molecule is COC(=O)c1cc(OC)c(OC)cc1NCC(=O)Nc1cccc(Cl)c1C. The van der Waals surface area contributed by atoms with Gasteiger partial charge in [0.1, 0.15) is 0 Å². The molecule has 2 aromatic rings. The molecule has 0 aliphatic carbocycles. The van der Waals surface area contributed by atoms with E-state index in [0.717, 1.165) is 5.56 Å². The molecule has 144 valence electrons. The molecule has 7 nitrogen and oxygen atoms in total. The minimum atomic E-state index is -0.565. The van der Waals surface area contributed by atoms with E-state index >= 15 is 0 Å². The average molecular weight is 393 g/mol. The van der Waals surface area contributed by atoms with Gasteiger partial charge in [-0.3, -0.25) is 4.79 Å². The highest BCUT2D eigenvalue weighted by molar-refractivity contribution is 6.31. The van der Waals surface area contributed by atoms with Gasteiger partial charge in [-0.05, 0) is 24.6 Å². The van der Waals surface area contributed by atoms with Crippen molar-refractivity contribution < 1.29 is 23.8 Å². The molecule has 0 aliphatic heterocycles. The Morgan fingerprint density at radius 2 is 1.70 bits per heavy atom. The lowest BCUT2D eigenvalue weighted by Crippen LogP contribution is -2.23. The highest BCUT2D eigenvalue weighted by Crippen LogP contribution is 2.33. The maximum absolute atomic E-state index is 12.3. The first-order valence-electron chi connectivity index (χ1n) is 8.04. The molecular formula is C19H21ClN2O5. The topological polar surface area (TPSA) is 85.9 Å². The van der Waals surface area contributed by atoms with Crippen molar-refractivity contribution in [2.24, 2.45) is 0 Å². The summed E-state index contributed by atoms with van der Waals surface area (Å²) in [5.74, 6) is -0.0725. The van der Waals surface area contributed by atoms with Gasteiger partial charge in [-0.2, -0.15) is 0 Å². The van der Waals surface area contributed by atoms with Crippen LogP contribution < -0.4 is 20.1 Å². The average Bonchev–Trinajstić information content (AvgIpc) is 2.68. The van der Waals surface area contributed by atoms with E-state index in [1.54, 1.807) is 24.3 Å². The molecule has 1 amide bonds. The molecular weight excluding hydrogens is 372 g/mol. The summed E-state index contributed by atoms with van der Waals surface area (Å²) in [6, 6.07) is 8.32. The fourth-order valence-corrected chi connectivity index (χ4v) is 2.59. The monoisotopic (exact) mass is 392 g/mol. The maximum atomic E-state index is 12.3. The van der Waals surface area contributed by atoms with Crippen molar-refractivity contribution >= 4 is 34.9 Å². The molecule has 0 aliphatic rings. The van der Waals surface area contributed by atoms with E-state index in [2.05, 4.69) is 10.6 Å². The van der Waals surface area contributed by atoms with Crippen molar-refractivity contribution in [1.29, 1.82) is 0 Å². The number of nitrogens with one attached hydrogen (secondary N) is 2. The molecule has 27 heavy (non-hydrogen) atoms. The summed E-state index contributed by atoms with van der Waals surface area (Å²) < 4.78 is 15.2. The van der Waals surface area contributed by atoms with E-state index in [4.69, 9.17) is 25.8 Å². The Morgan fingerprint density at radius 1 is 1.04 bits per heavy atom. The van der Waals surface area contributed by atoms with Crippen molar-refractivity contribution in [1.82, 2.24) is 0 Å². The van der Waals surface area contributed by atoms with Crippen LogP contribution in [0.1, 0.15) is 15.9 Å². The third-order valence-electron chi connectivity index (χ3n) is 3.91. The number of halogens is 1. The Hall–Kier alpha value is -2.93. The molecule has 0 atom stereocenters. The smallest absolute Gasteiger partial charge is 0.340 e. The van der Waals surface area contributed by atoms with Gasteiger partial charge >= 0.3 is 5.97 Å². The van der Waals surface area contributed by atoms with Crippen LogP contribution in [0.3, 0.4) is 0 Å². The first-order valence-corrected chi connectivity index (χ1v) is 8.42. The molecule has 0 heterocycles. The van der Waals surface area contributed by atoms with Gasteiger partial charge in [0.2, 0.25) is 5.91 Å². The number of methoxy groups -OCH3 is 3. The summed E-state index contributed by atoms with van der Waals surface area (Å²) in [5.41, 5.74) is 2.00. The number of benzene rings is 2. The Kier molecular flexibility index (Phi) is 6.90. The fraction of sp³-hybridized carbons (Fsp3) is 0.263. The summed E-state index contributed by atoms with van der Waals surface area (Å²) >= 11 is 6.06. The van der Waals surface area contributed by atoms with E-state index in [1.165, 1.54) is 27.4 Å². The lowest BCUT2D eigenvalue weighted by molar-refractivity contribution is -0.114. The Balaban J connectivity index is 2.19. The normalized spacial score (nSPS) is 10.1. The third kappa shape index (κ3) is 4.83. The van der Waals surface area contributed by atoms with Crippen molar-refractivity contribution in [2.75, 3.05) is 38.5 Å². The van der Waals surface area contributed by atoms with E-state index in [-0.39, 0.29) is 18.0 Å². The van der Waals surface area contributed by atoms with Crippen LogP contribution in [0.4, 0.5) is 11.4 Å². The van der Waals surface area contributed by atoms with Gasteiger partial charge in [0.05, 0.1) is 39.1 Å². The molecule has 0 bridgehead atoms. The van der Waals surface area contributed by atoms with Crippen molar-refractivity contribution in [2.45, 2.75) is 6.92 Å². The van der Waals surface area contributed by atoms with Crippen LogP contribution in [-0.2, 0) is 9.53 Å². The predicted molar refractivity (Wildman–Crippen MR) is 104 cm³/mol. The molecule has 0 radical (unpaired) electrons. The van der Waals surface area contributed by atoms with Gasteiger partial charge < -0.3 is 24.8 Å². The number of hydrogen-bond donors (Lipinski definition) is 2. The zero-order valence-corrected chi connectivity index (χ0v) is 16.3. The van der Waals surface area contributed by atoms with Crippen LogP contribution in [0.25, 0.3) is 0 Å². The standard InChI is InChI=1S/C19H21ClN2O5/c1-11-13(20)6-5-7-14(11)22-18(23)10-21-15-9-17(26-3)16(25-2)8-12(15)19(24)27-4/h5-9,21H,10H2,1-4H3,(H,22,23). The van der Waals surface area contributed by atoms with Crippen LogP contribution in [0.2, 0.25) is 5.02 Å². The number of esters is 1. The zero-order chi connectivity index (χ0) is 20.0. The molecule has 2 N–H and O–H groups in total. The molecule has 0 spiro atoms. The summed E-state index contributed by atoms with van der Waals surface area (Å²) in [7, 11) is 4.22. The molecule has 0 aromatic heterocycles. The summed E-state index contributed by atoms with van der Waals surface area (Å²) in [6.45, 7) is 1.74. The van der Waals surface area contributed by atoms with E-state index in [0.29, 0.717) is 27.9 Å². The van der Waals surface area contributed by atoms with Gasteiger partial charge in [-0.15, -0.1) is 0 Å². The lowest BCUT2D eigenvalue weighted by atomic mass is 10.1. The second-order valence-corrected chi connectivity index (χ2v) is 5.97.